The quantitative estimate of drug-likeness (QED) is 0.679. The lowest BCUT2D eigenvalue weighted by molar-refractivity contribution is 0.143. The Labute approximate surface area is 170 Å². The van der Waals surface area contributed by atoms with Gasteiger partial charge in [0, 0.05) is 25.8 Å². The van der Waals surface area contributed by atoms with Crippen LogP contribution in [0.4, 0.5) is 8.78 Å². The molecule has 0 saturated carbocycles. The smallest absolute Gasteiger partial charge is 0.281 e. The first-order valence-corrected chi connectivity index (χ1v) is 8.66. The zero-order chi connectivity index (χ0) is 19.0. The van der Waals surface area contributed by atoms with Crippen molar-refractivity contribution in [1.82, 2.24) is 35.1 Å². The van der Waals surface area contributed by atoms with Crippen molar-refractivity contribution in [1.29, 1.82) is 0 Å². The van der Waals surface area contributed by atoms with Gasteiger partial charge in [0.2, 0.25) is 0 Å². The Morgan fingerprint density at radius 3 is 2.93 bits per heavy atom. The Morgan fingerprint density at radius 2 is 2.21 bits per heavy atom. The number of alkyl halides is 2. The molecular formula is C16H17Cl2F2N7O. The number of nitrogens with zero attached hydrogens (tertiary/aromatic N) is 6. The van der Waals surface area contributed by atoms with Gasteiger partial charge in [-0.3, -0.25) is 4.90 Å². The summed E-state index contributed by atoms with van der Waals surface area (Å²) in [5.74, 6) is 0.526. The molecule has 4 heterocycles. The minimum atomic E-state index is -2.84. The highest BCUT2D eigenvalue weighted by Gasteiger charge is 2.29. The average Bonchev–Trinajstić information content (AvgIpc) is 3.29. The molecule has 12 heteroatoms. The van der Waals surface area contributed by atoms with Crippen molar-refractivity contribution in [3.8, 4) is 17.3 Å². The highest BCUT2D eigenvalue weighted by atomic mass is 35.5. The predicted molar refractivity (Wildman–Crippen MR) is 100 cm³/mol. The SMILES string of the molecule is CN1CCNCC1c1noc(-c2cnn(-c3ncccc3Cl)c2C(F)F)n1.Cl. The maximum absolute atomic E-state index is 13.8. The van der Waals surface area contributed by atoms with E-state index in [1.165, 1.54) is 12.4 Å². The van der Waals surface area contributed by atoms with Crippen molar-refractivity contribution in [3.63, 3.8) is 0 Å². The molecule has 1 atom stereocenters. The fraction of sp³-hybridized carbons (Fsp3) is 0.375. The molecule has 1 saturated heterocycles. The zero-order valence-electron chi connectivity index (χ0n) is 14.7. The van der Waals surface area contributed by atoms with Gasteiger partial charge in [0.05, 0.1) is 22.8 Å². The van der Waals surface area contributed by atoms with Gasteiger partial charge in [-0.1, -0.05) is 16.8 Å². The monoisotopic (exact) mass is 431 g/mol. The van der Waals surface area contributed by atoms with Crippen LogP contribution in [0.3, 0.4) is 0 Å². The summed E-state index contributed by atoms with van der Waals surface area (Å²) in [5.41, 5.74) is -0.349. The Balaban J connectivity index is 0.00000225. The maximum Gasteiger partial charge on any atom is 0.281 e. The summed E-state index contributed by atoms with van der Waals surface area (Å²) >= 11 is 6.08. The van der Waals surface area contributed by atoms with Crippen LogP contribution < -0.4 is 5.32 Å². The first kappa shape index (κ1) is 20.6. The number of likely N-dealkylation sites (N-methyl/N-ethyl adjacent to an activating group) is 1. The maximum atomic E-state index is 13.8. The molecule has 1 N–H and O–H groups in total. The van der Waals surface area contributed by atoms with E-state index in [0.29, 0.717) is 12.4 Å². The van der Waals surface area contributed by atoms with E-state index >= 15 is 0 Å². The number of halogens is 4. The van der Waals surface area contributed by atoms with E-state index in [9.17, 15) is 8.78 Å². The Morgan fingerprint density at radius 1 is 1.39 bits per heavy atom. The number of hydrogen-bond acceptors (Lipinski definition) is 7. The molecule has 0 aromatic carbocycles. The molecule has 3 aromatic rings. The van der Waals surface area contributed by atoms with E-state index in [4.69, 9.17) is 16.1 Å². The topological polar surface area (TPSA) is 84.9 Å². The Bertz CT molecular complexity index is 949. The molecule has 0 bridgehead atoms. The van der Waals surface area contributed by atoms with Gasteiger partial charge in [0.25, 0.3) is 12.3 Å². The molecule has 28 heavy (non-hydrogen) atoms. The van der Waals surface area contributed by atoms with Crippen molar-refractivity contribution in [2.24, 2.45) is 0 Å². The lowest BCUT2D eigenvalue weighted by Gasteiger charge is -2.30. The van der Waals surface area contributed by atoms with Crippen LogP contribution in [0.1, 0.15) is 24.0 Å². The molecule has 0 aliphatic carbocycles. The lowest BCUT2D eigenvalue weighted by atomic mass is 10.2. The van der Waals surface area contributed by atoms with Crippen LogP contribution in [-0.2, 0) is 0 Å². The second-order valence-corrected chi connectivity index (χ2v) is 6.53. The standard InChI is InChI=1S/C16H16ClF2N7O.ClH/c1-25-6-5-20-8-11(25)14-23-16(27-24-14)9-7-22-26(12(9)13(18)19)15-10(17)3-2-4-21-15;/h2-4,7,11,13,20H,5-6,8H2,1H3;1H. The summed E-state index contributed by atoms with van der Waals surface area (Å²) in [5, 5.41) is 11.5. The van der Waals surface area contributed by atoms with Gasteiger partial charge in [-0.15, -0.1) is 12.4 Å². The minimum Gasteiger partial charge on any atom is -0.334 e. The van der Waals surface area contributed by atoms with Crippen molar-refractivity contribution in [2.45, 2.75) is 12.5 Å². The van der Waals surface area contributed by atoms with Crippen molar-refractivity contribution in [3.05, 3.63) is 41.1 Å². The highest BCUT2D eigenvalue weighted by Crippen LogP contribution is 2.33. The van der Waals surface area contributed by atoms with Gasteiger partial charge in [-0.2, -0.15) is 10.1 Å². The van der Waals surface area contributed by atoms with Crippen LogP contribution in [0.25, 0.3) is 17.3 Å². The molecule has 1 unspecified atom stereocenters. The summed E-state index contributed by atoms with van der Waals surface area (Å²) in [6.45, 7) is 2.34. The number of pyridine rings is 1. The van der Waals surface area contributed by atoms with Gasteiger partial charge < -0.3 is 9.84 Å². The summed E-state index contributed by atoms with van der Waals surface area (Å²) in [4.78, 5) is 10.4. The number of hydrogen-bond donors (Lipinski definition) is 1. The molecule has 0 amide bonds. The Hall–Kier alpha value is -2.14. The fourth-order valence-electron chi connectivity index (χ4n) is 3.01. The molecule has 1 aliphatic rings. The molecule has 4 rings (SSSR count). The van der Waals surface area contributed by atoms with E-state index in [1.807, 2.05) is 7.05 Å². The van der Waals surface area contributed by atoms with Crippen LogP contribution in [0.2, 0.25) is 5.02 Å². The lowest BCUT2D eigenvalue weighted by Crippen LogP contribution is -2.44. The number of piperazine rings is 1. The number of nitrogens with one attached hydrogen (secondary N) is 1. The highest BCUT2D eigenvalue weighted by molar-refractivity contribution is 6.32. The average molecular weight is 432 g/mol. The van der Waals surface area contributed by atoms with Gasteiger partial charge in [-0.05, 0) is 19.2 Å². The first-order valence-electron chi connectivity index (χ1n) is 8.28. The second kappa shape index (κ2) is 8.48. The van der Waals surface area contributed by atoms with Crippen LogP contribution >= 0.6 is 24.0 Å². The van der Waals surface area contributed by atoms with Gasteiger partial charge >= 0.3 is 0 Å². The van der Waals surface area contributed by atoms with Gasteiger partial charge in [0.15, 0.2) is 11.6 Å². The minimum absolute atomic E-state index is 0. The summed E-state index contributed by atoms with van der Waals surface area (Å²) in [7, 11) is 1.95. The van der Waals surface area contributed by atoms with Crippen LogP contribution in [0.5, 0.6) is 0 Å². The van der Waals surface area contributed by atoms with Crippen molar-refractivity contribution < 1.29 is 13.3 Å². The van der Waals surface area contributed by atoms with E-state index in [0.717, 1.165) is 17.8 Å². The predicted octanol–water partition coefficient (Wildman–Crippen LogP) is 2.91. The summed E-state index contributed by atoms with van der Waals surface area (Å²) < 4.78 is 33.9. The van der Waals surface area contributed by atoms with Crippen LogP contribution in [0, 0.1) is 0 Å². The summed E-state index contributed by atoms with van der Waals surface area (Å²) in [6, 6.07) is 3.07. The van der Waals surface area contributed by atoms with Gasteiger partial charge in [0.1, 0.15) is 5.69 Å². The molecular weight excluding hydrogens is 415 g/mol. The van der Waals surface area contributed by atoms with E-state index in [2.05, 4.69) is 30.4 Å². The third-order valence-corrected chi connectivity index (χ3v) is 4.73. The van der Waals surface area contributed by atoms with Crippen LogP contribution in [-0.4, -0.2) is 56.5 Å². The third-order valence-electron chi connectivity index (χ3n) is 4.43. The van der Waals surface area contributed by atoms with Crippen molar-refractivity contribution >= 4 is 24.0 Å². The summed E-state index contributed by atoms with van der Waals surface area (Å²) in [6.07, 6.45) is -0.129. The van der Waals surface area contributed by atoms with Crippen molar-refractivity contribution in [2.75, 3.05) is 26.7 Å². The molecule has 0 spiro atoms. The fourth-order valence-corrected chi connectivity index (χ4v) is 3.21. The van der Waals surface area contributed by atoms with E-state index in [1.54, 1.807) is 12.1 Å². The normalized spacial score (nSPS) is 17.7. The molecule has 3 aromatic heterocycles. The zero-order valence-corrected chi connectivity index (χ0v) is 16.3. The Kier molecular flexibility index (Phi) is 6.23. The molecule has 1 aliphatic heterocycles. The van der Waals surface area contributed by atoms with Crippen LogP contribution in [0.15, 0.2) is 29.0 Å². The molecule has 1 fully saturated rings. The van der Waals surface area contributed by atoms with E-state index in [-0.39, 0.29) is 40.7 Å². The third kappa shape index (κ3) is 3.72. The van der Waals surface area contributed by atoms with Gasteiger partial charge in [-0.25, -0.2) is 18.4 Å². The molecule has 8 nitrogen and oxygen atoms in total. The number of aromatic nitrogens is 5. The largest absolute Gasteiger partial charge is 0.334 e. The first-order chi connectivity index (χ1) is 13.1. The molecule has 150 valence electrons. The second-order valence-electron chi connectivity index (χ2n) is 6.12. The number of rotatable bonds is 4. The molecule has 0 radical (unpaired) electrons. The van der Waals surface area contributed by atoms with E-state index < -0.39 is 12.1 Å².